The first-order valence-electron chi connectivity index (χ1n) is 6.90. The lowest BCUT2D eigenvalue weighted by molar-refractivity contribution is 0.0755. The van der Waals surface area contributed by atoms with Gasteiger partial charge in [0.05, 0.1) is 6.61 Å². The Bertz CT molecular complexity index is 183. The van der Waals surface area contributed by atoms with Crippen molar-refractivity contribution in [3.05, 3.63) is 0 Å². The predicted molar refractivity (Wildman–Crippen MR) is 75.5 cm³/mol. The lowest BCUT2D eigenvalue weighted by atomic mass is 9.92. The zero-order chi connectivity index (χ0) is 13.3. The van der Waals surface area contributed by atoms with E-state index >= 15 is 0 Å². The summed E-state index contributed by atoms with van der Waals surface area (Å²) in [5, 5.41) is 3.52. The molecule has 0 bridgehead atoms. The fourth-order valence-electron chi connectivity index (χ4n) is 2.14. The molecule has 0 aromatic rings. The van der Waals surface area contributed by atoms with Crippen LogP contribution < -0.4 is 5.32 Å². The number of hydrogen-bond acceptors (Lipinski definition) is 3. The van der Waals surface area contributed by atoms with E-state index in [-0.39, 0.29) is 0 Å². The molecule has 1 N–H and O–H groups in total. The molecule has 0 aliphatic rings. The Morgan fingerprint density at radius 3 is 2.41 bits per heavy atom. The predicted octanol–water partition coefficient (Wildman–Crippen LogP) is 2.37. The number of likely N-dealkylation sites (N-methyl/N-ethyl adjacent to an activating group) is 1. The summed E-state index contributed by atoms with van der Waals surface area (Å²) in [5.41, 5.74) is 0.313. The second kappa shape index (κ2) is 8.90. The SMILES string of the molecule is CCCNCC(C)(C)CN(CC)C(C)COC. The van der Waals surface area contributed by atoms with E-state index in [4.69, 9.17) is 4.74 Å². The minimum atomic E-state index is 0.313. The molecule has 104 valence electrons. The van der Waals surface area contributed by atoms with Gasteiger partial charge in [0, 0.05) is 26.2 Å². The Morgan fingerprint density at radius 2 is 1.94 bits per heavy atom. The lowest BCUT2D eigenvalue weighted by Gasteiger charge is -2.35. The van der Waals surface area contributed by atoms with Crippen LogP contribution in [0.15, 0.2) is 0 Å². The summed E-state index contributed by atoms with van der Waals surface area (Å²) in [7, 11) is 1.78. The molecule has 0 rings (SSSR count). The highest BCUT2D eigenvalue weighted by molar-refractivity contribution is 4.78. The summed E-state index contributed by atoms with van der Waals surface area (Å²) in [6.45, 7) is 16.5. The van der Waals surface area contributed by atoms with Gasteiger partial charge in [0.15, 0.2) is 0 Å². The van der Waals surface area contributed by atoms with Gasteiger partial charge >= 0.3 is 0 Å². The molecule has 0 fully saturated rings. The maximum absolute atomic E-state index is 5.24. The van der Waals surface area contributed by atoms with Crippen molar-refractivity contribution < 1.29 is 4.74 Å². The van der Waals surface area contributed by atoms with Crippen LogP contribution >= 0.6 is 0 Å². The quantitative estimate of drug-likeness (QED) is 0.597. The molecule has 0 heterocycles. The van der Waals surface area contributed by atoms with E-state index in [1.165, 1.54) is 6.42 Å². The van der Waals surface area contributed by atoms with Crippen molar-refractivity contribution in [2.24, 2.45) is 5.41 Å². The molecule has 3 heteroatoms. The van der Waals surface area contributed by atoms with Gasteiger partial charge in [0.2, 0.25) is 0 Å². The Hall–Kier alpha value is -0.120. The number of ether oxygens (including phenoxy) is 1. The van der Waals surface area contributed by atoms with Gasteiger partial charge < -0.3 is 10.1 Å². The van der Waals surface area contributed by atoms with Gasteiger partial charge in [-0.3, -0.25) is 4.90 Å². The molecule has 1 atom stereocenters. The van der Waals surface area contributed by atoms with Crippen LogP contribution in [0, 0.1) is 5.41 Å². The molecule has 1 unspecified atom stereocenters. The summed E-state index contributed by atoms with van der Waals surface area (Å²) >= 11 is 0. The normalized spacial score (nSPS) is 14.3. The van der Waals surface area contributed by atoms with Gasteiger partial charge in [0.1, 0.15) is 0 Å². The van der Waals surface area contributed by atoms with Gasteiger partial charge in [-0.15, -0.1) is 0 Å². The highest BCUT2D eigenvalue weighted by Gasteiger charge is 2.23. The Morgan fingerprint density at radius 1 is 1.29 bits per heavy atom. The van der Waals surface area contributed by atoms with Crippen molar-refractivity contribution in [2.45, 2.75) is 47.1 Å². The molecule has 3 nitrogen and oxygen atoms in total. The van der Waals surface area contributed by atoms with E-state index in [0.717, 1.165) is 32.8 Å². The molecule has 17 heavy (non-hydrogen) atoms. The summed E-state index contributed by atoms with van der Waals surface area (Å²) < 4.78 is 5.24. The van der Waals surface area contributed by atoms with Gasteiger partial charge in [-0.1, -0.05) is 27.7 Å². The molecular weight excluding hydrogens is 212 g/mol. The molecule has 0 aromatic heterocycles. The van der Waals surface area contributed by atoms with Gasteiger partial charge in [-0.25, -0.2) is 0 Å². The fourth-order valence-corrected chi connectivity index (χ4v) is 2.14. The van der Waals surface area contributed by atoms with E-state index in [0.29, 0.717) is 11.5 Å². The topological polar surface area (TPSA) is 24.5 Å². The number of methoxy groups -OCH3 is 1. The third kappa shape index (κ3) is 7.74. The summed E-state index contributed by atoms with van der Waals surface area (Å²) in [6.07, 6.45) is 1.20. The minimum absolute atomic E-state index is 0.313. The third-order valence-electron chi connectivity index (χ3n) is 3.10. The fraction of sp³-hybridized carbons (Fsp3) is 1.00. The van der Waals surface area contributed by atoms with Gasteiger partial charge in [0.25, 0.3) is 0 Å². The van der Waals surface area contributed by atoms with Gasteiger partial charge in [-0.05, 0) is 31.8 Å². The third-order valence-corrected chi connectivity index (χ3v) is 3.10. The van der Waals surface area contributed by atoms with Crippen LogP contribution in [0.1, 0.15) is 41.0 Å². The average Bonchev–Trinajstić information content (AvgIpc) is 2.26. The van der Waals surface area contributed by atoms with Crippen LogP contribution in [-0.2, 0) is 4.74 Å². The summed E-state index contributed by atoms with van der Waals surface area (Å²) in [4.78, 5) is 2.50. The van der Waals surface area contributed by atoms with Crippen molar-refractivity contribution in [1.29, 1.82) is 0 Å². The summed E-state index contributed by atoms with van der Waals surface area (Å²) in [6, 6.07) is 0.496. The molecule has 0 aromatic carbocycles. The maximum atomic E-state index is 5.24. The molecule has 0 saturated heterocycles. The van der Waals surface area contributed by atoms with Crippen molar-refractivity contribution in [1.82, 2.24) is 10.2 Å². The zero-order valence-corrected chi connectivity index (χ0v) is 12.7. The second-order valence-corrected chi connectivity index (χ2v) is 5.71. The molecule has 0 aliphatic carbocycles. The lowest BCUT2D eigenvalue weighted by Crippen LogP contribution is -2.45. The number of nitrogens with one attached hydrogen (secondary N) is 1. The molecule has 0 amide bonds. The summed E-state index contributed by atoms with van der Waals surface area (Å²) in [5.74, 6) is 0. The second-order valence-electron chi connectivity index (χ2n) is 5.71. The minimum Gasteiger partial charge on any atom is -0.383 e. The van der Waals surface area contributed by atoms with Crippen LogP contribution in [0.4, 0.5) is 0 Å². The van der Waals surface area contributed by atoms with Crippen LogP contribution in [-0.4, -0.2) is 50.8 Å². The number of hydrogen-bond donors (Lipinski definition) is 1. The van der Waals surface area contributed by atoms with Crippen molar-refractivity contribution in [2.75, 3.05) is 39.9 Å². The van der Waals surface area contributed by atoms with Gasteiger partial charge in [-0.2, -0.15) is 0 Å². The standard InChI is InChI=1S/C14H32N2O/c1-7-9-15-11-14(4,5)12-16(8-2)13(3)10-17-6/h13,15H,7-12H2,1-6H3. The number of nitrogens with zero attached hydrogens (tertiary/aromatic N) is 1. The van der Waals surface area contributed by atoms with Crippen LogP contribution in [0.2, 0.25) is 0 Å². The van der Waals surface area contributed by atoms with Crippen molar-refractivity contribution >= 4 is 0 Å². The monoisotopic (exact) mass is 244 g/mol. The first-order valence-corrected chi connectivity index (χ1v) is 6.90. The Balaban J connectivity index is 4.13. The highest BCUT2D eigenvalue weighted by atomic mass is 16.5. The van der Waals surface area contributed by atoms with Crippen molar-refractivity contribution in [3.63, 3.8) is 0 Å². The first-order chi connectivity index (χ1) is 7.96. The molecule has 0 radical (unpaired) electrons. The Kier molecular flexibility index (Phi) is 8.83. The zero-order valence-electron chi connectivity index (χ0n) is 12.7. The van der Waals surface area contributed by atoms with E-state index in [1.54, 1.807) is 7.11 Å². The van der Waals surface area contributed by atoms with E-state index in [1.807, 2.05) is 0 Å². The average molecular weight is 244 g/mol. The largest absolute Gasteiger partial charge is 0.383 e. The van der Waals surface area contributed by atoms with E-state index in [2.05, 4.69) is 44.8 Å². The molecule has 0 spiro atoms. The van der Waals surface area contributed by atoms with Crippen molar-refractivity contribution in [3.8, 4) is 0 Å². The van der Waals surface area contributed by atoms with Crippen LogP contribution in [0.3, 0.4) is 0 Å². The maximum Gasteiger partial charge on any atom is 0.0615 e. The van der Waals surface area contributed by atoms with Crippen LogP contribution in [0.5, 0.6) is 0 Å². The van der Waals surface area contributed by atoms with E-state index < -0.39 is 0 Å². The number of rotatable bonds is 10. The smallest absolute Gasteiger partial charge is 0.0615 e. The molecular formula is C14H32N2O. The Labute approximate surface area is 108 Å². The van der Waals surface area contributed by atoms with E-state index in [9.17, 15) is 0 Å². The molecule has 0 aliphatic heterocycles. The highest BCUT2D eigenvalue weighted by Crippen LogP contribution is 2.17. The molecule has 0 saturated carbocycles. The first kappa shape index (κ1) is 16.9. The van der Waals surface area contributed by atoms with Crippen LogP contribution in [0.25, 0.3) is 0 Å².